The van der Waals surface area contributed by atoms with Crippen LogP contribution in [0.5, 0.6) is 5.88 Å². The lowest BCUT2D eigenvalue weighted by Gasteiger charge is -2.29. The second-order valence-electron chi connectivity index (χ2n) is 8.20. The number of ether oxygens (including phenoxy) is 2. The third-order valence-electron chi connectivity index (χ3n) is 6.77. The molecule has 5 atom stereocenters. The first-order valence-electron chi connectivity index (χ1n) is 9.66. The lowest BCUT2D eigenvalue weighted by atomic mass is 9.74. The number of nitrogens with zero attached hydrogens (tertiary/aromatic N) is 1. The number of fused-ring (bicyclic) bond motifs is 5. The van der Waals surface area contributed by atoms with Crippen LogP contribution in [0.15, 0.2) is 36.5 Å². The molecular formula is C21H18ClF3N2O4. The number of carbonyl (C=O) groups is 1. The Morgan fingerprint density at radius 2 is 2.13 bits per heavy atom. The van der Waals surface area contributed by atoms with Crippen molar-refractivity contribution in [2.75, 3.05) is 12.4 Å². The smallest absolute Gasteiger partial charge is 0.417 e. The molecule has 164 valence electrons. The molecule has 1 aromatic heterocycles. The van der Waals surface area contributed by atoms with E-state index in [-0.39, 0.29) is 12.1 Å². The third kappa shape index (κ3) is 2.73. The van der Waals surface area contributed by atoms with E-state index in [0.717, 1.165) is 17.7 Å². The maximum Gasteiger partial charge on any atom is 0.417 e. The van der Waals surface area contributed by atoms with Gasteiger partial charge in [0.05, 0.1) is 41.4 Å². The van der Waals surface area contributed by atoms with Crippen LogP contribution in [0.2, 0.25) is 5.02 Å². The number of halogens is 4. The van der Waals surface area contributed by atoms with E-state index in [4.69, 9.17) is 21.1 Å². The predicted molar refractivity (Wildman–Crippen MR) is 104 cm³/mol. The molecule has 2 bridgehead atoms. The number of anilines is 1. The molecule has 3 fully saturated rings. The van der Waals surface area contributed by atoms with Crippen molar-refractivity contribution in [3.63, 3.8) is 0 Å². The molecule has 5 rings (SSSR count). The minimum absolute atomic E-state index is 0.00692. The number of amides is 1. The number of aliphatic hydroxyl groups excluding tert-OH is 1. The molecule has 0 radical (unpaired) electrons. The molecule has 5 unspecified atom stereocenters. The lowest BCUT2D eigenvalue weighted by Crippen LogP contribution is -2.44. The maximum absolute atomic E-state index is 13.4. The monoisotopic (exact) mass is 454 g/mol. The van der Waals surface area contributed by atoms with Gasteiger partial charge in [-0.05, 0) is 36.2 Å². The molecule has 6 nitrogen and oxygen atoms in total. The molecule has 2 aliphatic heterocycles. The van der Waals surface area contributed by atoms with Crippen LogP contribution in [0.1, 0.15) is 24.0 Å². The molecule has 10 heteroatoms. The van der Waals surface area contributed by atoms with Gasteiger partial charge in [-0.25, -0.2) is 4.98 Å². The molecule has 0 spiro atoms. The van der Waals surface area contributed by atoms with Crippen molar-refractivity contribution >= 4 is 23.2 Å². The topological polar surface area (TPSA) is 80.7 Å². The first kappa shape index (κ1) is 20.5. The third-order valence-corrected chi connectivity index (χ3v) is 7.10. The van der Waals surface area contributed by atoms with Gasteiger partial charge in [-0.15, -0.1) is 0 Å². The predicted octanol–water partition coefficient (Wildman–Crippen LogP) is 3.56. The quantitative estimate of drug-likeness (QED) is 0.738. The number of rotatable bonds is 4. The molecule has 3 heterocycles. The molecule has 2 saturated heterocycles. The van der Waals surface area contributed by atoms with Crippen molar-refractivity contribution in [3.05, 3.63) is 52.7 Å². The van der Waals surface area contributed by atoms with E-state index in [0.29, 0.717) is 12.3 Å². The van der Waals surface area contributed by atoms with E-state index in [1.807, 2.05) is 0 Å². The van der Waals surface area contributed by atoms with Crippen LogP contribution < -0.4 is 10.1 Å². The summed E-state index contributed by atoms with van der Waals surface area (Å²) in [5, 5.41) is 12.6. The maximum atomic E-state index is 13.4. The van der Waals surface area contributed by atoms with Crippen LogP contribution in [-0.2, 0) is 21.1 Å². The van der Waals surface area contributed by atoms with Crippen molar-refractivity contribution in [3.8, 4) is 5.88 Å². The molecule has 3 aliphatic rings. The summed E-state index contributed by atoms with van der Waals surface area (Å²) in [5.74, 6) is -0.0870. The summed E-state index contributed by atoms with van der Waals surface area (Å²) < 4.78 is 50.8. The minimum Gasteiger partial charge on any atom is -0.481 e. The zero-order valence-electron chi connectivity index (χ0n) is 16.2. The lowest BCUT2D eigenvalue weighted by molar-refractivity contribution is -0.137. The van der Waals surface area contributed by atoms with Gasteiger partial charge >= 0.3 is 6.18 Å². The van der Waals surface area contributed by atoms with Gasteiger partial charge in [0.1, 0.15) is 0 Å². The number of benzene rings is 1. The number of aliphatic hydroxyl groups is 1. The van der Waals surface area contributed by atoms with Crippen molar-refractivity contribution in [1.82, 2.24) is 4.98 Å². The van der Waals surface area contributed by atoms with E-state index >= 15 is 0 Å². The molecule has 1 saturated carbocycles. The van der Waals surface area contributed by atoms with Gasteiger partial charge in [-0.1, -0.05) is 11.6 Å². The fourth-order valence-corrected chi connectivity index (χ4v) is 5.62. The van der Waals surface area contributed by atoms with Crippen molar-refractivity contribution in [2.24, 2.45) is 5.41 Å². The highest BCUT2D eigenvalue weighted by atomic mass is 35.5. The Morgan fingerprint density at radius 1 is 1.35 bits per heavy atom. The van der Waals surface area contributed by atoms with Gasteiger partial charge in [0, 0.05) is 29.8 Å². The van der Waals surface area contributed by atoms with Crippen LogP contribution in [0.4, 0.5) is 18.9 Å². The summed E-state index contributed by atoms with van der Waals surface area (Å²) >= 11 is 5.68. The van der Waals surface area contributed by atoms with Gasteiger partial charge in [0.15, 0.2) is 0 Å². The SMILES string of the molecule is COc1cc(C23CC2(C(=O)Nc2ccc(Cl)c(C(F)(F)F)c2)C2CC(O)C3O2)ccn1. The number of carbonyl (C=O) groups excluding carboxylic acids is 1. The van der Waals surface area contributed by atoms with Gasteiger partial charge in [-0.3, -0.25) is 4.79 Å². The van der Waals surface area contributed by atoms with E-state index in [9.17, 15) is 23.1 Å². The van der Waals surface area contributed by atoms with Gasteiger partial charge in [0.2, 0.25) is 11.8 Å². The second kappa shape index (κ2) is 6.57. The van der Waals surface area contributed by atoms with Crippen LogP contribution in [0.25, 0.3) is 0 Å². The van der Waals surface area contributed by atoms with Gasteiger partial charge in [0.25, 0.3) is 0 Å². The van der Waals surface area contributed by atoms with E-state index in [1.54, 1.807) is 18.3 Å². The molecule has 1 aliphatic carbocycles. The number of pyridine rings is 1. The summed E-state index contributed by atoms with van der Waals surface area (Å²) in [7, 11) is 1.47. The Labute approximate surface area is 180 Å². The number of aromatic nitrogens is 1. The molecule has 1 amide bonds. The summed E-state index contributed by atoms with van der Waals surface area (Å²) in [6.07, 6.45) is -4.27. The normalized spacial score (nSPS) is 33.2. The Balaban J connectivity index is 1.51. The zero-order chi connectivity index (χ0) is 22.2. The summed E-state index contributed by atoms with van der Waals surface area (Å²) in [5.41, 5.74) is -2.08. The molecule has 31 heavy (non-hydrogen) atoms. The standard InChI is InChI=1S/C21H18ClF3N2O4/c1-30-16-6-10(4-5-26-16)19-9-20(19,15-8-14(28)17(19)31-15)18(29)27-11-2-3-13(22)12(7-11)21(23,24)25/h2-7,14-15,17,28H,8-9H2,1H3,(H,27,29). The fourth-order valence-electron chi connectivity index (χ4n) is 5.39. The summed E-state index contributed by atoms with van der Waals surface area (Å²) in [6.45, 7) is 0. The van der Waals surface area contributed by atoms with Crippen molar-refractivity contribution in [1.29, 1.82) is 0 Å². The Bertz CT molecular complexity index is 1080. The molecular weight excluding hydrogens is 437 g/mol. The van der Waals surface area contributed by atoms with E-state index in [1.165, 1.54) is 13.2 Å². The number of alkyl halides is 3. The van der Waals surface area contributed by atoms with Crippen molar-refractivity contribution < 1.29 is 32.5 Å². The average Bonchev–Trinajstić information content (AvgIpc) is 3.22. The van der Waals surface area contributed by atoms with Gasteiger partial charge in [-0.2, -0.15) is 13.2 Å². The van der Waals surface area contributed by atoms with E-state index in [2.05, 4.69) is 10.3 Å². The summed E-state index contributed by atoms with van der Waals surface area (Å²) in [4.78, 5) is 17.5. The van der Waals surface area contributed by atoms with Crippen LogP contribution >= 0.6 is 11.6 Å². The number of hydrogen-bond donors (Lipinski definition) is 2. The molecule has 2 aromatic rings. The Kier molecular flexibility index (Phi) is 4.35. The number of nitrogens with one attached hydrogen (secondary N) is 1. The Morgan fingerprint density at radius 3 is 2.84 bits per heavy atom. The highest BCUT2D eigenvalue weighted by Crippen LogP contribution is 2.77. The highest BCUT2D eigenvalue weighted by molar-refractivity contribution is 6.31. The average molecular weight is 455 g/mol. The highest BCUT2D eigenvalue weighted by Gasteiger charge is 2.87. The zero-order valence-corrected chi connectivity index (χ0v) is 17.0. The van der Waals surface area contributed by atoms with Crippen LogP contribution in [0, 0.1) is 5.41 Å². The van der Waals surface area contributed by atoms with Gasteiger partial charge < -0.3 is 19.9 Å². The second-order valence-corrected chi connectivity index (χ2v) is 8.61. The largest absolute Gasteiger partial charge is 0.481 e. The van der Waals surface area contributed by atoms with Crippen LogP contribution in [0.3, 0.4) is 0 Å². The fraction of sp³-hybridized carbons (Fsp3) is 0.429. The molecule has 1 aromatic carbocycles. The number of methoxy groups -OCH3 is 1. The van der Waals surface area contributed by atoms with Crippen LogP contribution in [-0.4, -0.2) is 41.4 Å². The number of hydrogen-bond acceptors (Lipinski definition) is 5. The first-order valence-corrected chi connectivity index (χ1v) is 10.0. The Hall–Kier alpha value is -2.36. The minimum atomic E-state index is -4.65. The summed E-state index contributed by atoms with van der Waals surface area (Å²) in [6, 6.07) is 6.70. The van der Waals surface area contributed by atoms with Crippen molar-refractivity contribution in [2.45, 2.75) is 42.7 Å². The van der Waals surface area contributed by atoms with E-state index < -0.39 is 51.8 Å². The molecule has 2 N–H and O–H groups in total. The first-order chi connectivity index (χ1) is 14.6.